The second kappa shape index (κ2) is 10.2. The first kappa shape index (κ1) is 20.3. The molecule has 3 N–H and O–H groups in total. The summed E-state index contributed by atoms with van der Waals surface area (Å²) in [6.07, 6.45) is 3.75. The SMILES string of the molecule is Cl.N[C@@H]1CCC[C@H]1CC(=O)NCc1ccccc1OCc1ccccc1. The van der Waals surface area contributed by atoms with Gasteiger partial charge in [-0.3, -0.25) is 4.79 Å². The van der Waals surface area contributed by atoms with E-state index < -0.39 is 0 Å². The Balaban J connectivity index is 0.00000243. The van der Waals surface area contributed by atoms with E-state index in [9.17, 15) is 4.79 Å². The van der Waals surface area contributed by atoms with Crippen LogP contribution in [0.2, 0.25) is 0 Å². The molecule has 2 aromatic carbocycles. The van der Waals surface area contributed by atoms with Crippen molar-refractivity contribution in [3.05, 3.63) is 65.7 Å². The number of hydrogen-bond donors (Lipinski definition) is 2. The van der Waals surface area contributed by atoms with Crippen molar-refractivity contribution in [2.24, 2.45) is 11.7 Å². The minimum absolute atomic E-state index is 0. The number of benzene rings is 2. The van der Waals surface area contributed by atoms with Gasteiger partial charge in [0.05, 0.1) is 0 Å². The van der Waals surface area contributed by atoms with E-state index >= 15 is 0 Å². The molecule has 5 heteroatoms. The molecule has 0 bridgehead atoms. The minimum atomic E-state index is 0. The molecule has 140 valence electrons. The third-order valence-electron chi connectivity index (χ3n) is 4.85. The fourth-order valence-corrected chi connectivity index (χ4v) is 3.35. The zero-order chi connectivity index (χ0) is 17.5. The maximum atomic E-state index is 12.2. The van der Waals surface area contributed by atoms with Crippen LogP contribution in [0.1, 0.15) is 36.8 Å². The van der Waals surface area contributed by atoms with Crippen LogP contribution in [-0.2, 0) is 17.9 Å². The number of carbonyl (C=O) groups excluding carboxylic acids is 1. The summed E-state index contributed by atoms with van der Waals surface area (Å²) in [4.78, 5) is 12.2. The first-order valence-electron chi connectivity index (χ1n) is 8.99. The number of carbonyl (C=O) groups is 1. The summed E-state index contributed by atoms with van der Waals surface area (Å²) in [5, 5.41) is 3.01. The maximum Gasteiger partial charge on any atom is 0.220 e. The summed E-state index contributed by atoms with van der Waals surface area (Å²) >= 11 is 0. The summed E-state index contributed by atoms with van der Waals surface area (Å²) in [6.45, 7) is 0.995. The van der Waals surface area contributed by atoms with Crippen molar-refractivity contribution in [2.45, 2.75) is 44.9 Å². The van der Waals surface area contributed by atoms with Crippen molar-refractivity contribution in [1.82, 2.24) is 5.32 Å². The molecule has 0 heterocycles. The molecular weight excluding hydrogens is 348 g/mol. The largest absolute Gasteiger partial charge is 0.489 e. The van der Waals surface area contributed by atoms with Crippen LogP contribution in [0.4, 0.5) is 0 Å². The highest BCUT2D eigenvalue weighted by Gasteiger charge is 2.25. The molecule has 0 spiro atoms. The lowest BCUT2D eigenvalue weighted by Crippen LogP contribution is -2.31. The van der Waals surface area contributed by atoms with Gasteiger partial charge < -0.3 is 15.8 Å². The molecular formula is C21H27ClN2O2. The van der Waals surface area contributed by atoms with E-state index in [1.165, 1.54) is 0 Å². The van der Waals surface area contributed by atoms with Crippen LogP contribution in [0.15, 0.2) is 54.6 Å². The van der Waals surface area contributed by atoms with Gasteiger partial charge in [-0.05, 0) is 30.4 Å². The number of ether oxygens (including phenoxy) is 1. The first-order chi connectivity index (χ1) is 12.2. The highest BCUT2D eigenvalue weighted by Crippen LogP contribution is 2.26. The topological polar surface area (TPSA) is 64.4 Å². The molecule has 0 aliphatic heterocycles. The zero-order valence-electron chi connectivity index (χ0n) is 14.9. The monoisotopic (exact) mass is 374 g/mol. The van der Waals surface area contributed by atoms with E-state index in [0.29, 0.717) is 25.5 Å². The van der Waals surface area contributed by atoms with Crippen LogP contribution in [0.3, 0.4) is 0 Å². The molecule has 1 aliphatic rings. The van der Waals surface area contributed by atoms with Crippen LogP contribution in [0.5, 0.6) is 5.75 Å². The highest BCUT2D eigenvalue weighted by atomic mass is 35.5. The average Bonchev–Trinajstić information content (AvgIpc) is 3.04. The van der Waals surface area contributed by atoms with Crippen molar-refractivity contribution < 1.29 is 9.53 Å². The summed E-state index contributed by atoms with van der Waals surface area (Å²) in [5.41, 5.74) is 8.16. The second-order valence-electron chi connectivity index (χ2n) is 6.72. The second-order valence-corrected chi connectivity index (χ2v) is 6.72. The van der Waals surface area contributed by atoms with Gasteiger partial charge in [0.1, 0.15) is 12.4 Å². The van der Waals surface area contributed by atoms with Crippen molar-refractivity contribution >= 4 is 18.3 Å². The van der Waals surface area contributed by atoms with Crippen LogP contribution in [0.25, 0.3) is 0 Å². The molecule has 4 nitrogen and oxygen atoms in total. The molecule has 1 aliphatic carbocycles. The Labute approximate surface area is 161 Å². The predicted octanol–water partition coefficient (Wildman–Crippen LogP) is 3.82. The Hall–Kier alpha value is -2.04. The third kappa shape index (κ3) is 5.75. The number of halogens is 1. The normalized spacial score (nSPS) is 18.8. The Morgan fingerprint density at radius 2 is 1.81 bits per heavy atom. The molecule has 0 saturated heterocycles. The molecule has 3 rings (SSSR count). The van der Waals surface area contributed by atoms with E-state index in [0.717, 1.165) is 36.1 Å². The number of rotatable bonds is 7. The van der Waals surface area contributed by atoms with Gasteiger partial charge in [-0.25, -0.2) is 0 Å². The van der Waals surface area contributed by atoms with Crippen LogP contribution < -0.4 is 15.8 Å². The molecule has 1 amide bonds. The fraction of sp³-hybridized carbons (Fsp3) is 0.381. The zero-order valence-corrected chi connectivity index (χ0v) is 15.7. The lowest BCUT2D eigenvalue weighted by atomic mass is 10.00. The predicted molar refractivity (Wildman–Crippen MR) is 106 cm³/mol. The van der Waals surface area contributed by atoms with Crippen molar-refractivity contribution in [2.75, 3.05) is 0 Å². The smallest absolute Gasteiger partial charge is 0.220 e. The van der Waals surface area contributed by atoms with Crippen molar-refractivity contribution in [1.29, 1.82) is 0 Å². The lowest BCUT2D eigenvalue weighted by molar-refractivity contribution is -0.122. The third-order valence-corrected chi connectivity index (χ3v) is 4.85. The summed E-state index contributed by atoms with van der Waals surface area (Å²) in [6, 6.07) is 18.1. The van der Waals surface area contributed by atoms with Gasteiger partial charge in [-0.2, -0.15) is 0 Å². The van der Waals surface area contributed by atoms with Gasteiger partial charge in [-0.15, -0.1) is 12.4 Å². The van der Waals surface area contributed by atoms with Gasteiger partial charge in [0.2, 0.25) is 5.91 Å². The van der Waals surface area contributed by atoms with E-state index in [1.54, 1.807) is 0 Å². The van der Waals surface area contributed by atoms with Gasteiger partial charge in [0.25, 0.3) is 0 Å². The maximum absolute atomic E-state index is 12.2. The highest BCUT2D eigenvalue weighted by molar-refractivity contribution is 5.85. The minimum Gasteiger partial charge on any atom is -0.489 e. The van der Waals surface area contributed by atoms with Gasteiger partial charge in [-0.1, -0.05) is 55.0 Å². The Morgan fingerprint density at radius 1 is 1.08 bits per heavy atom. The molecule has 2 atom stereocenters. The van der Waals surface area contributed by atoms with E-state index in [1.807, 2.05) is 54.6 Å². The average molecular weight is 375 g/mol. The number of hydrogen-bond acceptors (Lipinski definition) is 3. The van der Waals surface area contributed by atoms with Gasteiger partial charge in [0, 0.05) is 24.6 Å². The molecule has 2 aromatic rings. The van der Waals surface area contributed by atoms with E-state index in [-0.39, 0.29) is 24.4 Å². The number of nitrogens with one attached hydrogen (secondary N) is 1. The van der Waals surface area contributed by atoms with E-state index in [2.05, 4.69) is 5.32 Å². The van der Waals surface area contributed by atoms with Crippen LogP contribution in [0, 0.1) is 5.92 Å². The fourth-order valence-electron chi connectivity index (χ4n) is 3.35. The summed E-state index contributed by atoms with van der Waals surface area (Å²) in [5.74, 6) is 1.20. The number of para-hydroxylation sites is 1. The number of amides is 1. The van der Waals surface area contributed by atoms with Crippen molar-refractivity contribution in [3.8, 4) is 5.75 Å². The van der Waals surface area contributed by atoms with Gasteiger partial charge in [0.15, 0.2) is 0 Å². The Kier molecular flexibility index (Phi) is 7.95. The molecule has 1 saturated carbocycles. The standard InChI is InChI=1S/C21H26N2O2.ClH/c22-19-11-6-10-17(19)13-21(24)23-14-18-9-4-5-12-20(18)25-15-16-7-2-1-3-8-16;/h1-5,7-9,12,17,19H,6,10-11,13-15,22H2,(H,23,24);1H/t17-,19+;/m0./s1. The quantitative estimate of drug-likeness (QED) is 0.774. The number of nitrogens with two attached hydrogens (primary N) is 1. The first-order valence-corrected chi connectivity index (χ1v) is 8.99. The van der Waals surface area contributed by atoms with E-state index in [4.69, 9.17) is 10.5 Å². The molecule has 0 unspecified atom stereocenters. The molecule has 1 fully saturated rings. The summed E-state index contributed by atoms with van der Waals surface area (Å²) < 4.78 is 5.93. The lowest BCUT2D eigenvalue weighted by Gasteiger charge is -2.16. The van der Waals surface area contributed by atoms with Crippen LogP contribution >= 0.6 is 12.4 Å². The van der Waals surface area contributed by atoms with Crippen molar-refractivity contribution in [3.63, 3.8) is 0 Å². The van der Waals surface area contributed by atoms with Crippen LogP contribution in [-0.4, -0.2) is 11.9 Å². The Bertz CT molecular complexity index is 693. The summed E-state index contributed by atoms with van der Waals surface area (Å²) in [7, 11) is 0. The van der Waals surface area contributed by atoms with Gasteiger partial charge >= 0.3 is 0 Å². The Morgan fingerprint density at radius 3 is 2.54 bits per heavy atom. The molecule has 0 aromatic heterocycles. The molecule has 0 radical (unpaired) electrons. The molecule has 26 heavy (non-hydrogen) atoms.